The van der Waals surface area contributed by atoms with E-state index >= 15 is 0 Å². The van der Waals surface area contributed by atoms with Crippen molar-refractivity contribution in [1.82, 2.24) is 0 Å². The highest BCUT2D eigenvalue weighted by molar-refractivity contribution is 5.18. The predicted molar refractivity (Wildman–Crippen MR) is 89.7 cm³/mol. The van der Waals surface area contributed by atoms with E-state index in [2.05, 4.69) is 40.5 Å². The largest absolute Gasteiger partial charge is 0.0996 e. The van der Waals surface area contributed by atoms with Gasteiger partial charge in [-0.3, -0.25) is 0 Å². The molecular weight excluding hydrogens is 240 g/mol. The van der Waals surface area contributed by atoms with Gasteiger partial charge in [0.25, 0.3) is 0 Å². The van der Waals surface area contributed by atoms with Crippen molar-refractivity contribution in [2.24, 2.45) is 22.7 Å². The highest BCUT2D eigenvalue weighted by Crippen LogP contribution is 2.61. The third-order valence-corrected chi connectivity index (χ3v) is 6.36. The Hall–Kier alpha value is -0.780. The number of fused-ring (bicyclic) bond motifs is 1. The molecule has 2 saturated carbocycles. The van der Waals surface area contributed by atoms with Gasteiger partial charge in [0, 0.05) is 0 Å². The molecule has 0 aromatic rings. The maximum absolute atomic E-state index is 4.43. The standard InChI is InChI=1S/C20H32/c1-7-15(2)9-11-17-16(3)10-12-18-19(4,5)13-8-14-20(17,18)6/h7,17-18H,1-3,8-14H2,4-6H3/t17-,18-,20?/m0/s1. The van der Waals surface area contributed by atoms with Crippen LogP contribution >= 0.6 is 0 Å². The Balaban J connectivity index is 2.22. The van der Waals surface area contributed by atoms with Crippen LogP contribution in [-0.2, 0) is 0 Å². The van der Waals surface area contributed by atoms with E-state index in [0.29, 0.717) is 16.7 Å². The van der Waals surface area contributed by atoms with Crippen LogP contribution in [-0.4, -0.2) is 0 Å². The van der Waals surface area contributed by atoms with Crippen LogP contribution in [0, 0.1) is 22.7 Å². The second-order valence-corrected chi connectivity index (χ2v) is 8.05. The summed E-state index contributed by atoms with van der Waals surface area (Å²) in [6.45, 7) is 19.9. The summed E-state index contributed by atoms with van der Waals surface area (Å²) < 4.78 is 0. The number of hydrogen-bond acceptors (Lipinski definition) is 0. The van der Waals surface area contributed by atoms with E-state index < -0.39 is 0 Å². The highest BCUT2D eigenvalue weighted by atomic mass is 14.6. The van der Waals surface area contributed by atoms with Crippen molar-refractivity contribution >= 4 is 0 Å². The number of rotatable bonds is 4. The van der Waals surface area contributed by atoms with Crippen LogP contribution in [0.25, 0.3) is 0 Å². The first kappa shape index (κ1) is 15.6. The van der Waals surface area contributed by atoms with Crippen molar-refractivity contribution in [3.05, 3.63) is 37.0 Å². The molecule has 2 aliphatic rings. The first-order valence-corrected chi connectivity index (χ1v) is 8.29. The topological polar surface area (TPSA) is 0 Å². The lowest BCUT2D eigenvalue weighted by Gasteiger charge is -2.58. The van der Waals surface area contributed by atoms with Gasteiger partial charge in [0.1, 0.15) is 0 Å². The molecule has 0 bridgehead atoms. The summed E-state index contributed by atoms with van der Waals surface area (Å²) in [4.78, 5) is 0. The summed E-state index contributed by atoms with van der Waals surface area (Å²) in [6.07, 6.45) is 10.9. The first-order chi connectivity index (χ1) is 9.31. The Kier molecular flexibility index (Phi) is 4.33. The van der Waals surface area contributed by atoms with E-state index in [0.717, 1.165) is 12.3 Å². The van der Waals surface area contributed by atoms with E-state index in [1.54, 1.807) is 0 Å². The first-order valence-electron chi connectivity index (χ1n) is 8.29. The average Bonchev–Trinajstić information content (AvgIpc) is 2.36. The fraction of sp³-hybridized carbons (Fsp3) is 0.700. The van der Waals surface area contributed by atoms with Crippen molar-refractivity contribution in [2.45, 2.75) is 65.7 Å². The van der Waals surface area contributed by atoms with Crippen molar-refractivity contribution in [1.29, 1.82) is 0 Å². The smallest absolute Gasteiger partial charge is 0.0146 e. The zero-order chi connectivity index (χ0) is 15.0. The Bertz CT molecular complexity index is 412. The van der Waals surface area contributed by atoms with Gasteiger partial charge in [-0.25, -0.2) is 0 Å². The van der Waals surface area contributed by atoms with Crippen LogP contribution in [0.2, 0.25) is 0 Å². The van der Waals surface area contributed by atoms with E-state index in [4.69, 9.17) is 0 Å². The van der Waals surface area contributed by atoms with Gasteiger partial charge in [0.15, 0.2) is 0 Å². The van der Waals surface area contributed by atoms with E-state index in [1.165, 1.54) is 49.7 Å². The summed E-state index contributed by atoms with van der Waals surface area (Å²) in [7, 11) is 0. The number of allylic oxidation sites excluding steroid dienone is 3. The van der Waals surface area contributed by atoms with Gasteiger partial charge in [0.05, 0.1) is 0 Å². The van der Waals surface area contributed by atoms with Gasteiger partial charge in [-0.05, 0) is 61.2 Å². The molecule has 3 atom stereocenters. The average molecular weight is 272 g/mol. The number of hydrogen-bond donors (Lipinski definition) is 0. The van der Waals surface area contributed by atoms with Gasteiger partial charge in [-0.1, -0.05) is 64.2 Å². The summed E-state index contributed by atoms with van der Waals surface area (Å²) >= 11 is 0. The molecule has 0 aliphatic heterocycles. The molecule has 0 aromatic carbocycles. The van der Waals surface area contributed by atoms with E-state index in [1.807, 2.05) is 6.08 Å². The molecule has 0 radical (unpaired) electrons. The minimum Gasteiger partial charge on any atom is -0.0996 e. The molecule has 1 unspecified atom stereocenters. The van der Waals surface area contributed by atoms with Gasteiger partial charge < -0.3 is 0 Å². The molecule has 20 heavy (non-hydrogen) atoms. The Labute approximate surface area is 126 Å². The zero-order valence-electron chi connectivity index (χ0n) is 13.8. The molecule has 0 amide bonds. The van der Waals surface area contributed by atoms with Crippen LogP contribution < -0.4 is 0 Å². The fourth-order valence-electron chi connectivity index (χ4n) is 5.24. The van der Waals surface area contributed by atoms with E-state index in [9.17, 15) is 0 Å². The Morgan fingerprint density at radius 3 is 2.65 bits per heavy atom. The van der Waals surface area contributed by atoms with Crippen LogP contribution in [0.4, 0.5) is 0 Å². The molecule has 0 N–H and O–H groups in total. The van der Waals surface area contributed by atoms with Crippen LogP contribution in [0.5, 0.6) is 0 Å². The van der Waals surface area contributed by atoms with Gasteiger partial charge >= 0.3 is 0 Å². The highest BCUT2D eigenvalue weighted by Gasteiger charge is 2.52. The minimum atomic E-state index is 0.457. The molecule has 112 valence electrons. The summed E-state index contributed by atoms with van der Waals surface area (Å²) in [6, 6.07) is 0. The van der Waals surface area contributed by atoms with Crippen LogP contribution in [0.1, 0.15) is 65.7 Å². The third-order valence-electron chi connectivity index (χ3n) is 6.36. The molecule has 2 aliphatic carbocycles. The van der Waals surface area contributed by atoms with Crippen molar-refractivity contribution in [3.8, 4) is 0 Å². The quantitative estimate of drug-likeness (QED) is 0.415. The van der Waals surface area contributed by atoms with E-state index in [-0.39, 0.29) is 0 Å². The molecule has 2 fully saturated rings. The summed E-state index contributed by atoms with van der Waals surface area (Å²) in [5, 5.41) is 0. The molecule has 0 heterocycles. The summed E-state index contributed by atoms with van der Waals surface area (Å²) in [5.41, 5.74) is 3.64. The monoisotopic (exact) mass is 272 g/mol. The lowest BCUT2D eigenvalue weighted by Crippen LogP contribution is -2.49. The van der Waals surface area contributed by atoms with Gasteiger partial charge in [-0.15, -0.1) is 0 Å². The molecule has 0 aromatic heterocycles. The lowest BCUT2D eigenvalue weighted by molar-refractivity contribution is -0.0538. The zero-order valence-corrected chi connectivity index (χ0v) is 13.8. The SMILES string of the molecule is C=CC(=C)CC[C@H]1C(=C)CC[C@H]2C(C)(C)CCCC12C. The van der Waals surface area contributed by atoms with Crippen molar-refractivity contribution in [2.75, 3.05) is 0 Å². The molecule has 0 saturated heterocycles. The summed E-state index contributed by atoms with van der Waals surface area (Å²) in [5.74, 6) is 1.54. The second-order valence-electron chi connectivity index (χ2n) is 8.05. The minimum absolute atomic E-state index is 0.457. The maximum atomic E-state index is 4.43. The van der Waals surface area contributed by atoms with Gasteiger partial charge in [0.2, 0.25) is 0 Å². The molecule has 0 nitrogen and oxygen atoms in total. The third kappa shape index (κ3) is 2.67. The van der Waals surface area contributed by atoms with Gasteiger partial charge in [-0.2, -0.15) is 0 Å². The normalized spacial score (nSPS) is 36.2. The second kappa shape index (κ2) is 5.54. The molecule has 0 heteroatoms. The van der Waals surface area contributed by atoms with Crippen molar-refractivity contribution < 1.29 is 0 Å². The predicted octanol–water partition coefficient (Wildman–Crippen LogP) is 6.31. The van der Waals surface area contributed by atoms with Crippen molar-refractivity contribution in [3.63, 3.8) is 0 Å². The molecule has 2 rings (SSSR count). The lowest BCUT2D eigenvalue weighted by atomic mass is 9.47. The maximum Gasteiger partial charge on any atom is -0.0146 e. The Morgan fingerprint density at radius 2 is 2.00 bits per heavy atom. The van der Waals surface area contributed by atoms with Crippen LogP contribution in [0.3, 0.4) is 0 Å². The molecular formula is C20H32. The Morgan fingerprint density at radius 1 is 1.30 bits per heavy atom. The van der Waals surface area contributed by atoms with Crippen LogP contribution in [0.15, 0.2) is 37.0 Å². The molecule has 0 spiro atoms. The fourth-order valence-corrected chi connectivity index (χ4v) is 5.24.